The van der Waals surface area contributed by atoms with Crippen LogP contribution in [-0.4, -0.2) is 39.0 Å². The Kier molecular flexibility index (Phi) is 4.91. The van der Waals surface area contributed by atoms with Gasteiger partial charge in [-0.1, -0.05) is 12.1 Å². The Labute approximate surface area is 155 Å². The number of anilines is 1. The van der Waals surface area contributed by atoms with E-state index in [1.54, 1.807) is 6.07 Å². The van der Waals surface area contributed by atoms with Crippen LogP contribution in [0.25, 0.3) is 11.0 Å². The molecule has 0 bridgehead atoms. The Balaban J connectivity index is 1.95. The monoisotopic (exact) mass is 367 g/mol. The van der Waals surface area contributed by atoms with Crippen molar-refractivity contribution in [3.63, 3.8) is 0 Å². The summed E-state index contributed by atoms with van der Waals surface area (Å²) in [5, 5.41) is 3.04. The highest BCUT2D eigenvalue weighted by atomic mass is 16.2. The molecule has 1 aromatic carbocycles. The standard InChI is InChI=1S/C19H21N5O3/c1-22(2)11-12-6-5-7-14(8-12)21-17(25)13-9-15-16(20-10-13)23(3)19(27)24(4)18(15)26/h5-10H,11H2,1-4H3,(H,21,25). The summed E-state index contributed by atoms with van der Waals surface area (Å²) < 4.78 is 2.28. The highest BCUT2D eigenvalue weighted by molar-refractivity contribution is 6.05. The van der Waals surface area contributed by atoms with Crippen molar-refractivity contribution < 1.29 is 4.79 Å². The second-order valence-corrected chi connectivity index (χ2v) is 6.69. The zero-order chi connectivity index (χ0) is 19.7. The second kappa shape index (κ2) is 7.16. The van der Waals surface area contributed by atoms with Gasteiger partial charge in [0.2, 0.25) is 0 Å². The lowest BCUT2D eigenvalue weighted by Crippen LogP contribution is -2.37. The minimum Gasteiger partial charge on any atom is -0.322 e. The minimum atomic E-state index is -0.483. The third-order valence-electron chi connectivity index (χ3n) is 4.24. The van der Waals surface area contributed by atoms with Crippen LogP contribution in [0.5, 0.6) is 0 Å². The Bertz CT molecular complexity index is 1140. The molecular weight excluding hydrogens is 346 g/mol. The molecule has 27 heavy (non-hydrogen) atoms. The van der Waals surface area contributed by atoms with Crippen molar-refractivity contribution in [3.05, 3.63) is 68.5 Å². The van der Waals surface area contributed by atoms with Crippen LogP contribution in [0.1, 0.15) is 15.9 Å². The molecule has 3 aromatic rings. The van der Waals surface area contributed by atoms with Crippen molar-refractivity contribution in [3.8, 4) is 0 Å². The first-order valence-electron chi connectivity index (χ1n) is 8.38. The number of nitrogens with one attached hydrogen (secondary N) is 1. The maximum atomic E-state index is 12.6. The Morgan fingerprint density at radius 1 is 1.15 bits per heavy atom. The summed E-state index contributed by atoms with van der Waals surface area (Å²) in [6, 6.07) is 9.02. The van der Waals surface area contributed by atoms with Crippen molar-refractivity contribution in [1.82, 2.24) is 19.0 Å². The number of benzene rings is 1. The first-order chi connectivity index (χ1) is 12.8. The first-order valence-corrected chi connectivity index (χ1v) is 8.38. The summed E-state index contributed by atoms with van der Waals surface area (Å²) in [6.45, 7) is 0.755. The molecule has 0 aliphatic carbocycles. The van der Waals surface area contributed by atoms with Crippen LogP contribution >= 0.6 is 0 Å². The van der Waals surface area contributed by atoms with E-state index < -0.39 is 11.2 Å². The van der Waals surface area contributed by atoms with Gasteiger partial charge in [0.1, 0.15) is 5.65 Å². The molecule has 140 valence electrons. The van der Waals surface area contributed by atoms with Gasteiger partial charge in [-0.25, -0.2) is 9.78 Å². The molecule has 0 spiro atoms. The predicted molar refractivity (Wildman–Crippen MR) is 104 cm³/mol. The van der Waals surface area contributed by atoms with E-state index in [4.69, 9.17) is 0 Å². The molecule has 0 saturated heterocycles. The predicted octanol–water partition coefficient (Wildman–Crippen LogP) is 0.946. The molecule has 1 amide bonds. The summed E-state index contributed by atoms with van der Waals surface area (Å²) >= 11 is 0. The van der Waals surface area contributed by atoms with Crippen molar-refractivity contribution in [2.24, 2.45) is 14.1 Å². The van der Waals surface area contributed by atoms with Gasteiger partial charge in [0, 0.05) is 32.5 Å². The summed E-state index contributed by atoms with van der Waals surface area (Å²) in [5.41, 5.74) is 1.27. The molecule has 2 heterocycles. The fraction of sp³-hybridized carbons (Fsp3) is 0.263. The lowest BCUT2D eigenvalue weighted by atomic mass is 10.1. The summed E-state index contributed by atoms with van der Waals surface area (Å²) in [7, 11) is 6.87. The number of fused-ring (bicyclic) bond motifs is 1. The molecule has 8 nitrogen and oxygen atoms in total. The summed E-state index contributed by atoms with van der Waals surface area (Å²) in [6.07, 6.45) is 1.36. The average Bonchev–Trinajstić information content (AvgIpc) is 2.64. The molecule has 2 aromatic heterocycles. The maximum absolute atomic E-state index is 12.6. The summed E-state index contributed by atoms with van der Waals surface area (Å²) in [5.74, 6) is -0.373. The topological polar surface area (TPSA) is 89.2 Å². The Hall–Kier alpha value is -3.26. The molecule has 0 aliphatic rings. The second-order valence-electron chi connectivity index (χ2n) is 6.69. The fourth-order valence-electron chi connectivity index (χ4n) is 2.91. The lowest BCUT2D eigenvalue weighted by Gasteiger charge is -2.12. The molecule has 0 radical (unpaired) electrons. The molecule has 1 N–H and O–H groups in total. The number of carbonyl (C=O) groups is 1. The highest BCUT2D eigenvalue weighted by Crippen LogP contribution is 2.14. The van der Waals surface area contributed by atoms with E-state index in [0.29, 0.717) is 5.69 Å². The molecule has 0 fully saturated rings. The van der Waals surface area contributed by atoms with Gasteiger partial charge in [0.15, 0.2) is 0 Å². The van der Waals surface area contributed by atoms with Crippen LogP contribution in [0, 0.1) is 0 Å². The van der Waals surface area contributed by atoms with Gasteiger partial charge >= 0.3 is 5.69 Å². The first kappa shape index (κ1) is 18.5. The largest absolute Gasteiger partial charge is 0.332 e. The number of carbonyl (C=O) groups excluding carboxylic acids is 1. The number of rotatable bonds is 4. The van der Waals surface area contributed by atoms with Gasteiger partial charge in [0.05, 0.1) is 10.9 Å². The van der Waals surface area contributed by atoms with Crippen LogP contribution in [0.2, 0.25) is 0 Å². The highest BCUT2D eigenvalue weighted by Gasteiger charge is 2.14. The Morgan fingerprint density at radius 3 is 2.59 bits per heavy atom. The van der Waals surface area contributed by atoms with Crippen molar-refractivity contribution in [2.45, 2.75) is 6.54 Å². The van der Waals surface area contributed by atoms with E-state index in [2.05, 4.69) is 10.3 Å². The smallest absolute Gasteiger partial charge is 0.322 e. The normalized spacial score (nSPS) is 11.1. The van der Waals surface area contributed by atoms with E-state index in [1.165, 1.54) is 30.9 Å². The molecule has 0 atom stereocenters. The lowest BCUT2D eigenvalue weighted by molar-refractivity contribution is 0.102. The zero-order valence-electron chi connectivity index (χ0n) is 15.7. The number of hydrogen-bond acceptors (Lipinski definition) is 5. The van der Waals surface area contributed by atoms with Crippen LogP contribution < -0.4 is 16.6 Å². The van der Waals surface area contributed by atoms with Crippen LogP contribution in [0.4, 0.5) is 5.69 Å². The number of nitrogens with zero attached hydrogens (tertiary/aromatic N) is 4. The molecule has 0 unspecified atom stereocenters. The number of aromatic nitrogens is 3. The van der Waals surface area contributed by atoms with Crippen molar-refractivity contribution in [1.29, 1.82) is 0 Å². The SMILES string of the molecule is CN(C)Cc1cccc(NC(=O)c2cnc3c(c2)c(=O)n(C)c(=O)n3C)c1. The van der Waals surface area contributed by atoms with Crippen molar-refractivity contribution >= 4 is 22.6 Å². The van der Waals surface area contributed by atoms with Crippen LogP contribution in [-0.2, 0) is 20.6 Å². The minimum absolute atomic E-state index is 0.216. The molecule has 8 heteroatoms. The number of aryl methyl sites for hydroxylation is 1. The van der Waals surface area contributed by atoms with E-state index >= 15 is 0 Å². The third kappa shape index (κ3) is 3.65. The van der Waals surface area contributed by atoms with Crippen molar-refractivity contribution in [2.75, 3.05) is 19.4 Å². The van der Waals surface area contributed by atoms with Crippen LogP contribution in [0.3, 0.4) is 0 Å². The number of amides is 1. The Morgan fingerprint density at radius 2 is 1.89 bits per heavy atom. The maximum Gasteiger partial charge on any atom is 0.332 e. The van der Waals surface area contributed by atoms with Gasteiger partial charge in [-0.2, -0.15) is 0 Å². The quantitative estimate of drug-likeness (QED) is 0.742. The molecular formula is C19H21N5O3. The van der Waals surface area contributed by atoms with Crippen LogP contribution in [0.15, 0.2) is 46.1 Å². The molecule has 3 rings (SSSR count). The van der Waals surface area contributed by atoms with Gasteiger partial charge in [-0.05, 0) is 37.9 Å². The zero-order valence-corrected chi connectivity index (χ0v) is 15.7. The summed E-state index contributed by atoms with van der Waals surface area (Å²) in [4.78, 5) is 43.1. The fourth-order valence-corrected chi connectivity index (χ4v) is 2.91. The number of hydrogen-bond donors (Lipinski definition) is 1. The number of pyridine rings is 1. The van der Waals surface area contributed by atoms with Gasteiger partial charge in [0.25, 0.3) is 11.5 Å². The van der Waals surface area contributed by atoms with E-state index in [1.807, 2.05) is 37.2 Å². The third-order valence-corrected chi connectivity index (χ3v) is 4.24. The van der Waals surface area contributed by atoms with E-state index in [0.717, 1.165) is 16.7 Å². The van der Waals surface area contributed by atoms with Gasteiger partial charge in [-0.15, -0.1) is 0 Å². The molecule has 0 saturated carbocycles. The van der Waals surface area contributed by atoms with E-state index in [-0.39, 0.29) is 22.5 Å². The average molecular weight is 367 g/mol. The van der Waals surface area contributed by atoms with E-state index in [9.17, 15) is 14.4 Å². The molecule has 0 aliphatic heterocycles. The van der Waals surface area contributed by atoms with Gasteiger partial charge < -0.3 is 10.2 Å². The van der Waals surface area contributed by atoms with Gasteiger partial charge in [-0.3, -0.25) is 18.7 Å².